The molecule has 2 aromatic carbocycles. The molecular formula is C23H22BrF4NO4S. The van der Waals surface area contributed by atoms with Gasteiger partial charge < -0.3 is 4.90 Å². The van der Waals surface area contributed by atoms with Gasteiger partial charge in [-0.2, -0.15) is 13.2 Å². The van der Waals surface area contributed by atoms with Crippen LogP contribution in [0.5, 0.6) is 0 Å². The van der Waals surface area contributed by atoms with E-state index in [0.29, 0.717) is 6.07 Å². The first-order chi connectivity index (χ1) is 15.7. The fraction of sp³-hybridized carbons (Fsp3) is 0.391. The third kappa shape index (κ3) is 5.05. The molecule has 0 radical (unpaired) electrons. The van der Waals surface area contributed by atoms with Crippen LogP contribution >= 0.6 is 15.9 Å². The van der Waals surface area contributed by atoms with Crippen molar-refractivity contribution in [3.63, 3.8) is 0 Å². The lowest BCUT2D eigenvalue weighted by molar-refractivity contribution is -0.137. The minimum atomic E-state index is -4.67. The second kappa shape index (κ2) is 9.41. The number of alkyl halides is 3. The number of likely N-dealkylation sites (tertiary alicyclic amines) is 1. The molecular weight excluding hydrogens is 542 g/mol. The number of sulfone groups is 1. The largest absolute Gasteiger partial charge is 0.416 e. The Bertz CT molecular complexity index is 1220. The molecule has 34 heavy (non-hydrogen) atoms. The molecule has 5 nitrogen and oxygen atoms in total. The van der Waals surface area contributed by atoms with Crippen LogP contribution in [0.4, 0.5) is 17.6 Å². The highest BCUT2D eigenvalue weighted by molar-refractivity contribution is 9.10. The molecule has 0 N–H and O–H groups in total. The van der Waals surface area contributed by atoms with Crippen LogP contribution < -0.4 is 0 Å². The van der Waals surface area contributed by atoms with Crippen LogP contribution in [-0.2, 0) is 20.8 Å². The van der Waals surface area contributed by atoms with E-state index in [2.05, 4.69) is 15.9 Å². The highest BCUT2D eigenvalue weighted by Crippen LogP contribution is 2.39. The fourth-order valence-corrected chi connectivity index (χ4v) is 6.25. The minimum absolute atomic E-state index is 0.0212. The van der Waals surface area contributed by atoms with Crippen LogP contribution in [-0.4, -0.2) is 42.8 Å². The van der Waals surface area contributed by atoms with Crippen molar-refractivity contribution in [2.45, 2.75) is 42.5 Å². The summed E-state index contributed by atoms with van der Waals surface area (Å²) < 4.78 is 77.8. The second-order valence-corrected chi connectivity index (χ2v) is 12.0. The first-order valence-corrected chi connectivity index (χ1v) is 12.6. The average Bonchev–Trinajstić information content (AvgIpc) is 2.79. The molecule has 0 aliphatic carbocycles. The van der Waals surface area contributed by atoms with Crippen LogP contribution in [0.15, 0.2) is 51.8 Å². The van der Waals surface area contributed by atoms with E-state index in [0.717, 1.165) is 24.3 Å². The van der Waals surface area contributed by atoms with Gasteiger partial charge in [-0.25, -0.2) is 12.8 Å². The molecule has 1 aliphatic rings. The summed E-state index contributed by atoms with van der Waals surface area (Å²) >= 11 is 2.97. The van der Waals surface area contributed by atoms with E-state index in [-0.39, 0.29) is 36.0 Å². The van der Waals surface area contributed by atoms with E-state index in [1.165, 1.54) is 30.9 Å². The van der Waals surface area contributed by atoms with Crippen molar-refractivity contribution in [1.82, 2.24) is 4.90 Å². The van der Waals surface area contributed by atoms with Gasteiger partial charge in [-0.05, 0) is 84.9 Å². The number of ketones is 1. The maximum atomic E-state index is 13.4. The number of piperidine rings is 1. The van der Waals surface area contributed by atoms with Crippen molar-refractivity contribution in [3.8, 4) is 0 Å². The van der Waals surface area contributed by atoms with Crippen LogP contribution in [0, 0.1) is 11.7 Å². The van der Waals surface area contributed by atoms with Gasteiger partial charge in [-0.1, -0.05) is 6.07 Å². The summed E-state index contributed by atoms with van der Waals surface area (Å²) in [5, 5.41) is 0. The monoisotopic (exact) mass is 563 g/mol. The van der Waals surface area contributed by atoms with Crippen LogP contribution in [0.1, 0.15) is 42.6 Å². The molecule has 1 aliphatic heterocycles. The number of Topliss-reactive ketones (excluding diaryl/α,β-unsaturated/α-hetero) is 1. The van der Waals surface area contributed by atoms with E-state index in [1.807, 2.05) is 0 Å². The Kier molecular flexibility index (Phi) is 7.29. The molecule has 0 bridgehead atoms. The predicted molar refractivity (Wildman–Crippen MR) is 120 cm³/mol. The zero-order chi connectivity index (χ0) is 25.5. The van der Waals surface area contributed by atoms with Gasteiger partial charge in [0.15, 0.2) is 9.84 Å². The van der Waals surface area contributed by atoms with Gasteiger partial charge in [0.25, 0.3) is 5.91 Å². The molecule has 3 rings (SSSR count). The molecule has 2 aromatic rings. The molecule has 11 heteroatoms. The molecule has 0 saturated carbocycles. The Morgan fingerprint density at radius 3 is 2.21 bits per heavy atom. The smallest absolute Gasteiger partial charge is 0.336 e. The number of nitrogens with zero attached hydrogens (tertiary/aromatic N) is 1. The predicted octanol–water partition coefficient (Wildman–Crippen LogP) is 5.28. The summed E-state index contributed by atoms with van der Waals surface area (Å²) in [6.07, 6.45) is -4.18. The number of hydrogen-bond donors (Lipinski definition) is 0. The molecule has 0 atom stereocenters. The van der Waals surface area contributed by atoms with Gasteiger partial charge in [-0.3, -0.25) is 9.59 Å². The maximum Gasteiger partial charge on any atom is 0.416 e. The van der Waals surface area contributed by atoms with Crippen molar-refractivity contribution in [1.29, 1.82) is 0 Å². The van der Waals surface area contributed by atoms with Crippen LogP contribution in [0.25, 0.3) is 0 Å². The van der Waals surface area contributed by atoms with E-state index >= 15 is 0 Å². The first-order valence-electron chi connectivity index (χ1n) is 10.4. The standard InChI is InChI=1S/C23H22BrF4NO4S/c1-22(2,34(32,33)17-5-3-4-16(13-17)23(26,27)28)15-8-10-29(11-9-15)21(31)20(30)14-6-7-19(25)18(24)12-14/h3-7,12-13,15H,8-11H2,1-2H3. The topological polar surface area (TPSA) is 71.5 Å². The normalized spacial score (nSPS) is 15.9. The van der Waals surface area contributed by atoms with Gasteiger partial charge >= 0.3 is 6.18 Å². The molecule has 0 aromatic heterocycles. The lowest BCUT2D eigenvalue weighted by atomic mass is 9.85. The zero-order valence-corrected chi connectivity index (χ0v) is 20.7. The summed E-state index contributed by atoms with van der Waals surface area (Å²) in [6, 6.07) is 7.14. The van der Waals surface area contributed by atoms with Gasteiger partial charge in [0.2, 0.25) is 5.78 Å². The summed E-state index contributed by atoms with van der Waals surface area (Å²) in [6.45, 7) is 3.15. The average molecular weight is 564 g/mol. The molecule has 1 saturated heterocycles. The fourth-order valence-electron chi connectivity index (χ4n) is 4.04. The van der Waals surface area contributed by atoms with Crippen molar-refractivity contribution < 1.29 is 35.6 Å². The Labute approximate surface area is 203 Å². The minimum Gasteiger partial charge on any atom is -0.336 e. The Morgan fingerprint density at radius 1 is 1.03 bits per heavy atom. The second-order valence-electron chi connectivity index (χ2n) is 8.66. The number of rotatable bonds is 5. The molecule has 0 unspecified atom stereocenters. The van der Waals surface area contributed by atoms with Gasteiger partial charge in [0, 0.05) is 18.7 Å². The van der Waals surface area contributed by atoms with Crippen LogP contribution in [0.2, 0.25) is 0 Å². The molecule has 184 valence electrons. The maximum absolute atomic E-state index is 13.4. The lowest BCUT2D eigenvalue weighted by Gasteiger charge is -2.40. The number of carbonyl (C=O) groups excluding carboxylic acids is 2. The van der Waals surface area contributed by atoms with E-state index in [9.17, 15) is 35.6 Å². The van der Waals surface area contributed by atoms with E-state index < -0.39 is 54.6 Å². The third-order valence-corrected chi connectivity index (χ3v) is 9.51. The SMILES string of the molecule is CC(C)(C1CCN(C(=O)C(=O)c2ccc(F)c(Br)c2)CC1)S(=O)(=O)c1cccc(C(F)(F)F)c1. The molecule has 1 amide bonds. The van der Waals surface area contributed by atoms with Gasteiger partial charge in [-0.15, -0.1) is 0 Å². The van der Waals surface area contributed by atoms with Crippen molar-refractivity contribution in [2.24, 2.45) is 5.92 Å². The Morgan fingerprint density at radius 2 is 1.65 bits per heavy atom. The van der Waals surface area contributed by atoms with Crippen molar-refractivity contribution in [2.75, 3.05) is 13.1 Å². The van der Waals surface area contributed by atoms with E-state index in [1.54, 1.807) is 0 Å². The Hall–Kier alpha value is -2.27. The number of amides is 1. The summed E-state index contributed by atoms with van der Waals surface area (Å²) in [4.78, 5) is 26.1. The van der Waals surface area contributed by atoms with Crippen molar-refractivity contribution >= 4 is 37.5 Å². The van der Waals surface area contributed by atoms with E-state index in [4.69, 9.17) is 0 Å². The summed E-state index contributed by atoms with van der Waals surface area (Å²) in [5.41, 5.74) is -1.02. The van der Waals surface area contributed by atoms with Crippen molar-refractivity contribution in [3.05, 3.63) is 63.9 Å². The number of benzene rings is 2. The molecule has 1 heterocycles. The van der Waals surface area contributed by atoms with Gasteiger partial charge in [0.1, 0.15) is 5.82 Å². The number of carbonyl (C=O) groups is 2. The quantitative estimate of drug-likeness (QED) is 0.282. The third-order valence-electron chi connectivity index (χ3n) is 6.31. The summed E-state index contributed by atoms with van der Waals surface area (Å²) in [5.74, 6) is -2.62. The number of halogens is 5. The zero-order valence-electron chi connectivity index (χ0n) is 18.3. The first kappa shape index (κ1) is 26.3. The molecule has 1 fully saturated rings. The number of hydrogen-bond acceptors (Lipinski definition) is 4. The Balaban J connectivity index is 1.74. The molecule has 0 spiro atoms. The highest BCUT2D eigenvalue weighted by atomic mass is 79.9. The van der Waals surface area contributed by atoms with Crippen LogP contribution in [0.3, 0.4) is 0 Å². The van der Waals surface area contributed by atoms with Gasteiger partial charge in [0.05, 0.1) is 19.7 Å². The highest BCUT2D eigenvalue weighted by Gasteiger charge is 2.45. The summed E-state index contributed by atoms with van der Waals surface area (Å²) in [7, 11) is -4.14. The lowest BCUT2D eigenvalue weighted by Crippen LogP contribution is -2.49.